The lowest BCUT2D eigenvalue weighted by Gasteiger charge is -2.19. The first kappa shape index (κ1) is 29.6. The van der Waals surface area contributed by atoms with Crippen LogP contribution < -0.4 is 21.4 Å². The van der Waals surface area contributed by atoms with Gasteiger partial charge >= 0.3 is 0 Å². The number of hydrogen-bond donors (Lipinski definition) is 6. The van der Waals surface area contributed by atoms with Gasteiger partial charge in [0.1, 0.15) is 6.04 Å². The zero-order valence-corrected chi connectivity index (χ0v) is 22.1. The van der Waals surface area contributed by atoms with Crippen LogP contribution >= 0.6 is 0 Å². The van der Waals surface area contributed by atoms with Crippen LogP contribution in [0.15, 0.2) is 72.8 Å². The Kier molecular flexibility index (Phi) is 11.0. The second kappa shape index (κ2) is 14.9. The van der Waals surface area contributed by atoms with Crippen molar-refractivity contribution >= 4 is 23.4 Å². The van der Waals surface area contributed by atoms with Crippen molar-refractivity contribution in [1.29, 1.82) is 0 Å². The monoisotopic (exact) mass is 538 g/mol. The van der Waals surface area contributed by atoms with Crippen molar-refractivity contribution in [2.24, 2.45) is 0 Å². The molecule has 0 radical (unpaired) electrons. The molecule has 0 bridgehead atoms. The van der Waals surface area contributed by atoms with Gasteiger partial charge in [-0.05, 0) is 85.3 Å². The zero-order chi connectivity index (χ0) is 28.9. The predicted molar refractivity (Wildman–Crippen MR) is 151 cm³/mol. The highest BCUT2D eigenvalue weighted by molar-refractivity contribution is 5.97. The van der Waals surface area contributed by atoms with Crippen molar-refractivity contribution in [2.45, 2.75) is 32.5 Å². The Hall–Kier alpha value is -4.93. The minimum atomic E-state index is -1.30. The Morgan fingerprint density at radius 1 is 0.875 bits per heavy atom. The van der Waals surface area contributed by atoms with E-state index in [1.165, 1.54) is 30.1 Å². The molecule has 0 spiro atoms. The summed E-state index contributed by atoms with van der Waals surface area (Å²) >= 11 is 0. The number of aryl methyl sites for hydroxylation is 1. The summed E-state index contributed by atoms with van der Waals surface area (Å²) in [7, 11) is 0. The van der Waals surface area contributed by atoms with Crippen molar-refractivity contribution in [3.8, 4) is 23.7 Å². The van der Waals surface area contributed by atoms with Gasteiger partial charge in [0, 0.05) is 28.9 Å². The second-order valence-electron chi connectivity index (χ2n) is 8.90. The van der Waals surface area contributed by atoms with E-state index in [1.54, 1.807) is 36.4 Å². The molecule has 3 rings (SSSR count). The summed E-state index contributed by atoms with van der Waals surface area (Å²) in [5.41, 5.74) is 6.02. The molecule has 2 atom stereocenters. The van der Waals surface area contributed by atoms with E-state index in [2.05, 4.69) is 39.6 Å². The van der Waals surface area contributed by atoms with Crippen LogP contribution in [0.3, 0.4) is 0 Å². The maximum absolute atomic E-state index is 12.3. The van der Waals surface area contributed by atoms with Gasteiger partial charge < -0.3 is 21.1 Å². The average Bonchev–Trinajstić information content (AvgIpc) is 2.95. The molecule has 3 amide bonds. The van der Waals surface area contributed by atoms with E-state index in [9.17, 15) is 19.5 Å². The van der Waals surface area contributed by atoms with E-state index < -0.39 is 24.0 Å². The van der Waals surface area contributed by atoms with Gasteiger partial charge in [-0.2, -0.15) is 0 Å². The van der Waals surface area contributed by atoms with Crippen LogP contribution in [0.25, 0.3) is 0 Å². The van der Waals surface area contributed by atoms with Crippen molar-refractivity contribution in [3.05, 3.63) is 101 Å². The normalized spacial score (nSPS) is 11.5. The Labute approximate surface area is 233 Å². The Bertz CT molecular complexity index is 1460. The zero-order valence-electron chi connectivity index (χ0n) is 22.1. The summed E-state index contributed by atoms with van der Waals surface area (Å²) < 4.78 is 0. The molecule has 0 aliphatic heterocycles. The van der Waals surface area contributed by atoms with Gasteiger partial charge in [0.15, 0.2) is 0 Å². The van der Waals surface area contributed by atoms with Crippen LogP contribution in [0.1, 0.15) is 39.5 Å². The van der Waals surface area contributed by atoms with E-state index in [0.717, 1.165) is 11.1 Å². The molecule has 0 saturated heterocycles. The number of benzene rings is 3. The third-order valence-electron chi connectivity index (χ3n) is 5.82. The first-order valence-electron chi connectivity index (χ1n) is 12.5. The van der Waals surface area contributed by atoms with E-state index in [0.29, 0.717) is 17.8 Å². The van der Waals surface area contributed by atoms with E-state index in [1.807, 2.05) is 31.2 Å². The highest BCUT2D eigenvalue weighted by atomic mass is 16.5. The molecule has 0 aliphatic rings. The summed E-state index contributed by atoms with van der Waals surface area (Å²) in [6.07, 6.45) is -1.20. The second-order valence-corrected chi connectivity index (χ2v) is 8.90. The summed E-state index contributed by atoms with van der Waals surface area (Å²) in [4.78, 5) is 36.1. The quantitative estimate of drug-likeness (QED) is 0.140. The van der Waals surface area contributed by atoms with Crippen LogP contribution in [0.4, 0.5) is 5.69 Å². The number of carbonyl (C=O) groups excluding carboxylic acids is 3. The fourth-order valence-corrected chi connectivity index (χ4v) is 3.57. The minimum Gasteiger partial charge on any atom is -0.391 e. The number of amides is 3. The SMILES string of the molecule is Cc1ccccc1CNCC(=O)Nc1ccc(C#CC#Cc2ccc(C(=O)N[C@H](C(=O)NO)[C@@H](C)O)cc2)cc1. The Morgan fingerprint density at radius 2 is 1.48 bits per heavy atom. The topological polar surface area (TPSA) is 140 Å². The largest absolute Gasteiger partial charge is 0.391 e. The molecule has 0 fully saturated rings. The van der Waals surface area contributed by atoms with Gasteiger partial charge in [-0.25, -0.2) is 5.48 Å². The highest BCUT2D eigenvalue weighted by Gasteiger charge is 2.25. The summed E-state index contributed by atoms with van der Waals surface area (Å²) in [6.45, 7) is 4.17. The first-order chi connectivity index (χ1) is 19.3. The number of aliphatic hydroxyl groups excluding tert-OH is 1. The average molecular weight is 539 g/mol. The third kappa shape index (κ3) is 9.12. The lowest BCUT2D eigenvalue weighted by Crippen LogP contribution is -2.51. The number of aliphatic hydroxyl groups is 1. The molecule has 0 heterocycles. The number of hydroxylamine groups is 1. The maximum atomic E-state index is 12.3. The molecule has 9 heteroatoms. The number of carbonyl (C=O) groups is 3. The van der Waals surface area contributed by atoms with Gasteiger partial charge in [0.2, 0.25) is 5.91 Å². The molecule has 0 aromatic heterocycles. The van der Waals surface area contributed by atoms with E-state index in [4.69, 9.17) is 5.21 Å². The molecule has 0 unspecified atom stereocenters. The predicted octanol–water partition coefficient (Wildman–Crippen LogP) is 2.11. The van der Waals surface area contributed by atoms with Crippen LogP contribution in [-0.4, -0.2) is 46.7 Å². The molecule has 40 heavy (non-hydrogen) atoms. The van der Waals surface area contributed by atoms with Crippen molar-refractivity contribution in [1.82, 2.24) is 16.1 Å². The molecule has 0 aliphatic carbocycles. The number of hydrogen-bond acceptors (Lipinski definition) is 6. The molecule has 0 saturated carbocycles. The first-order valence-corrected chi connectivity index (χ1v) is 12.5. The lowest BCUT2D eigenvalue weighted by molar-refractivity contribution is -0.133. The summed E-state index contributed by atoms with van der Waals surface area (Å²) in [5.74, 6) is 9.69. The Morgan fingerprint density at radius 3 is 2.05 bits per heavy atom. The number of anilines is 1. The Balaban J connectivity index is 1.48. The molecular weight excluding hydrogens is 508 g/mol. The van der Waals surface area contributed by atoms with Crippen molar-refractivity contribution < 1.29 is 24.7 Å². The lowest BCUT2D eigenvalue weighted by atomic mass is 10.1. The maximum Gasteiger partial charge on any atom is 0.268 e. The van der Waals surface area contributed by atoms with Gasteiger partial charge in [0.05, 0.1) is 12.6 Å². The fraction of sp³-hybridized carbons (Fsp3) is 0.194. The van der Waals surface area contributed by atoms with Gasteiger partial charge in [0.25, 0.3) is 11.8 Å². The van der Waals surface area contributed by atoms with Crippen molar-refractivity contribution in [2.75, 3.05) is 11.9 Å². The van der Waals surface area contributed by atoms with E-state index >= 15 is 0 Å². The van der Waals surface area contributed by atoms with Crippen LogP contribution in [0.5, 0.6) is 0 Å². The standard InChI is InChI=1S/C31H30N4O5/c1-21-7-3-6-10-26(21)19-32-20-28(37)33-27-17-13-24(14-18-27)9-5-4-8-23-11-15-25(16-12-23)30(38)34-29(22(2)36)31(39)35-40/h3,6-7,10-18,22,29,32,36,40H,19-20H2,1-2H3,(H,33,37)(H,34,38)(H,35,39)/t22-,29+/m1/s1. The fourth-order valence-electron chi connectivity index (χ4n) is 3.57. The number of rotatable bonds is 9. The molecule has 3 aromatic carbocycles. The van der Waals surface area contributed by atoms with Crippen molar-refractivity contribution in [3.63, 3.8) is 0 Å². The van der Waals surface area contributed by atoms with Gasteiger partial charge in [-0.15, -0.1) is 0 Å². The van der Waals surface area contributed by atoms with Crippen LogP contribution in [0.2, 0.25) is 0 Å². The molecule has 204 valence electrons. The smallest absolute Gasteiger partial charge is 0.268 e. The van der Waals surface area contributed by atoms with E-state index in [-0.39, 0.29) is 18.0 Å². The highest BCUT2D eigenvalue weighted by Crippen LogP contribution is 2.09. The third-order valence-corrected chi connectivity index (χ3v) is 5.82. The van der Waals surface area contributed by atoms with Gasteiger partial charge in [-0.1, -0.05) is 36.1 Å². The molecule has 6 N–H and O–H groups in total. The molecule has 9 nitrogen and oxygen atoms in total. The minimum absolute atomic E-state index is 0.139. The van der Waals surface area contributed by atoms with Crippen LogP contribution in [-0.2, 0) is 16.1 Å². The number of nitrogens with one attached hydrogen (secondary N) is 4. The molecule has 3 aromatic rings. The van der Waals surface area contributed by atoms with Crippen LogP contribution in [0, 0.1) is 30.6 Å². The summed E-state index contributed by atoms with van der Waals surface area (Å²) in [6, 6.07) is 20.1. The van der Waals surface area contributed by atoms with Gasteiger partial charge in [-0.3, -0.25) is 19.6 Å². The molecular formula is C31H30N4O5. The summed E-state index contributed by atoms with van der Waals surface area (Å²) in [5, 5.41) is 26.7.